The van der Waals surface area contributed by atoms with Crippen LogP contribution >= 0.6 is 0 Å². The van der Waals surface area contributed by atoms with Gasteiger partial charge in [0.2, 0.25) is 5.91 Å². The molecule has 6 heteroatoms. The molecule has 3 rings (SSSR count). The van der Waals surface area contributed by atoms with Crippen LogP contribution in [-0.4, -0.2) is 67.8 Å². The van der Waals surface area contributed by atoms with E-state index in [4.69, 9.17) is 13.9 Å². The summed E-state index contributed by atoms with van der Waals surface area (Å²) < 4.78 is 16.9. The summed E-state index contributed by atoms with van der Waals surface area (Å²) in [7, 11) is 3.47. The summed E-state index contributed by atoms with van der Waals surface area (Å²) in [6, 6.07) is 2.51. The summed E-state index contributed by atoms with van der Waals surface area (Å²) in [5.41, 5.74) is 1.22. The SMILES string of the molecule is CN(C)C(=O)COC[C@H]1CC[C@@H]2[C@@H](CCN2Cc2ccoc2)O1. The number of hydrogen-bond acceptors (Lipinski definition) is 5. The highest BCUT2D eigenvalue weighted by atomic mass is 16.5. The second kappa shape index (κ2) is 7.47. The third kappa shape index (κ3) is 4.13. The first-order chi connectivity index (χ1) is 11.1. The molecule has 2 saturated heterocycles. The van der Waals surface area contributed by atoms with Crippen LogP contribution in [0.1, 0.15) is 24.8 Å². The third-order valence-corrected chi connectivity index (χ3v) is 4.74. The van der Waals surface area contributed by atoms with Crippen LogP contribution in [-0.2, 0) is 20.8 Å². The summed E-state index contributed by atoms with van der Waals surface area (Å²) in [4.78, 5) is 15.5. The normalized spacial score (nSPS) is 27.8. The number of amides is 1. The Kier molecular flexibility index (Phi) is 5.35. The quantitative estimate of drug-likeness (QED) is 0.794. The molecule has 6 nitrogen and oxygen atoms in total. The monoisotopic (exact) mass is 322 g/mol. The summed E-state index contributed by atoms with van der Waals surface area (Å²) in [6.45, 7) is 2.63. The highest BCUT2D eigenvalue weighted by molar-refractivity contribution is 5.76. The van der Waals surface area contributed by atoms with E-state index in [1.54, 1.807) is 25.3 Å². The number of ether oxygens (including phenoxy) is 2. The smallest absolute Gasteiger partial charge is 0.248 e. The van der Waals surface area contributed by atoms with Gasteiger partial charge in [0.05, 0.1) is 31.3 Å². The lowest BCUT2D eigenvalue weighted by molar-refractivity contribution is -0.138. The van der Waals surface area contributed by atoms with Gasteiger partial charge in [0, 0.05) is 38.8 Å². The number of furan rings is 1. The van der Waals surface area contributed by atoms with Gasteiger partial charge in [0.15, 0.2) is 0 Å². The minimum absolute atomic E-state index is 0.00848. The van der Waals surface area contributed by atoms with Crippen molar-refractivity contribution in [3.63, 3.8) is 0 Å². The van der Waals surface area contributed by atoms with Crippen LogP contribution in [0.15, 0.2) is 23.0 Å². The molecule has 1 aromatic rings. The predicted molar refractivity (Wildman–Crippen MR) is 84.9 cm³/mol. The summed E-state index contributed by atoms with van der Waals surface area (Å²) in [5, 5.41) is 0. The van der Waals surface area contributed by atoms with Gasteiger partial charge in [0.1, 0.15) is 6.61 Å². The second-order valence-electron chi connectivity index (χ2n) is 6.64. The molecule has 0 radical (unpaired) electrons. The Labute approximate surface area is 137 Å². The fourth-order valence-electron chi connectivity index (χ4n) is 3.43. The molecule has 0 aromatic carbocycles. The maximum absolute atomic E-state index is 11.5. The van der Waals surface area contributed by atoms with Crippen LogP contribution in [0.25, 0.3) is 0 Å². The fraction of sp³-hybridized carbons (Fsp3) is 0.706. The van der Waals surface area contributed by atoms with E-state index < -0.39 is 0 Å². The Morgan fingerprint density at radius 1 is 1.39 bits per heavy atom. The number of fused-ring (bicyclic) bond motifs is 1. The summed E-state index contributed by atoms with van der Waals surface area (Å²) in [6.07, 6.45) is 7.11. The van der Waals surface area contributed by atoms with Crippen molar-refractivity contribution in [2.75, 3.05) is 33.9 Å². The topological polar surface area (TPSA) is 55.2 Å². The molecular formula is C17H26N2O4. The number of likely N-dealkylation sites (N-methyl/N-ethyl adjacent to an activating group) is 1. The molecular weight excluding hydrogens is 296 g/mol. The highest BCUT2D eigenvalue weighted by Gasteiger charge is 2.39. The molecule has 128 valence electrons. The Morgan fingerprint density at radius 3 is 3.00 bits per heavy atom. The largest absolute Gasteiger partial charge is 0.472 e. The van der Waals surface area contributed by atoms with Gasteiger partial charge < -0.3 is 18.8 Å². The lowest BCUT2D eigenvalue weighted by Gasteiger charge is -2.35. The first kappa shape index (κ1) is 16.5. The van der Waals surface area contributed by atoms with Crippen molar-refractivity contribution in [1.29, 1.82) is 0 Å². The minimum Gasteiger partial charge on any atom is -0.472 e. The Hall–Kier alpha value is -1.37. The molecule has 3 atom stereocenters. The zero-order valence-corrected chi connectivity index (χ0v) is 13.9. The van der Waals surface area contributed by atoms with Gasteiger partial charge in [-0.1, -0.05) is 0 Å². The first-order valence-electron chi connectivity index (χ1n) is 8.32. The molecule has 0 aliphatic carbocycles. The van der Waals surface area contributed by atoms with Gasteiger partial charge in [-0.3, -0.25) is 9.69 Å². The van der Waals surface area contributed by atoms with Crippen molar-refractivity contribution in [2.45, 2.75) is 44.1 Å². The Bertz CT molecular complexity index is 503. The molecule has 1 aromatic heterocycles. The van der Waals surface area contributed by atoms with E-state index in [-0.39, 0.29) is 24.7 Å². The number of carbonyl (C=O) groups is 1. The number of carbonyl (C=O) groups excluding carboxylic acids is 1. The molecule has 2 aliphatic heterocycles. The van der Waals surface area contributed by atoms with Crippen LogP contribution in [0.5, 0.6) is 0 Å². The Balaban J connectivity index is 1.42. The second-order valence-corrected chi connectivity index (χ2v) is 6.64. The van der Waals surface area contributed by atoms with E-state index in [1.165, 1.54) is 5.56 Å². The maximum Gasteiger partial charge on any atom is 0.248 e. The molecule has 2 aliphatic rings. The average molecular weight is 322 g/mol. The average Bonchev–Trinajstić information content (AvgIpc) is 3.17. The lowest BCUT2D eigenvalue weighted by atomic mass is 9.99. The molecule has 0 saturated carbocycles. The molecule has 0 bridgehead atoms. The zero-order valence-electron chi connectivity index (χ0n) is 13.9. The van der Waals surface area contributed by atoms with Crippen LogP contribution < -0.4 is 0 Å². The summed E-state index contributed by atoms with van der Waals surface area (Å²) >= 11 is 0. The van der Waals surface area contributed by atoms with E-state index in [2.05, 4.69) is 4.90 Å². The standard InChI is InChI=1S/C17H26N2O4/c1-18(2)17(20)12-22-11-14-3-4-15-16(23-14)5-7-19(15)9-13-6-8-21-10-13/h6,8,10,14-16H,3-5,7,9,11-12H2,1-2H3/t14-,15-,16-/m1/s1. The number of rotatable bonds is 6. The van der Waals surface area contributed by atoms with Crippen molar-refractivity contribution in [1.82, 2.24) is 9.80 Å². The van der Waals surface area contributed by atoms with Gasteiger partial charge in [-0.25, -0.2) is 0 Å². The fourth-order valence-corrected chi connectivity index (χ4v) is 3.43. The van der Waals surface area contributed by atoms with Gasteiger partial charge >= 0.3 is 0 Å². The van der Waals surface area contributed by atoms with Gasteiger partial charge in [0.25, 0.3) is 0 Å². The minimum atomic E-state index is -0.00848. The van der Waals surface area contributed by atoms with E-state index in [0.29, 0.717) is 12.6 Å². The van der Waals surface area contributed by atoms with Crippen molar-refractivity contribution >= 4 is 5.91 Å². The molecule has 0 spiro atoms. The van der Waals surface area contributed by atoms with Crippen molar-refractivity contribution in [3.05, 3.63) is 24.2 Å². The molecule has 1 amide bonds. The van der Waals surface area contributed by atoms with Crippen LogP contribution in [0.3, 0.4) is 0 Å². The van der Waals surface area contributed by atoms with Crippen molar-refractivity contribution < 1.29 is 18.7 Å². The molecule has 3 heterocycles. The molecule has 0 unspecified atom stereocenters. The zero-order chi connectivity index (χ0) is 16.2. The van der Waals surface area contributed by atoms with Gasteiger partial charge in [-0.15, -0.1) is 0 Å². The van der Waals surface area contributed by atoms with Crippen LogP contribution in [0.4, 0.5) is 0 Å². The highest BCUT2D eigenvalue weighted by Crippen LogP contribution is 2.32. The number of likely N-dealkylation sites (tertiary alicyclic amines) is 1. The van der Waals surface area contributed by atoms with Crippen LogP contribution in [0, 0.1) is 0 Å². The third-order valence-electron chi connectivity index (χ3n) is 4.74. The predicted octanol–water partition coefficient (Wildman–Crippen LogP) is 1.51. The lowest BCUT2D eigenvalue weighted by Crippen LogP contribution is -2.43. The van der Waals surface area contributed by atoms with Gasteiger partial charge in [-0.2, -0.15) is 0 Å². The van der Waals surface area contributed by atoms with E-state index >= 15 is 0 Å². The molecule has 0 N–H and O–H groups in total. The van der Waals surface area contributed by atoms with Crippen LogP contribution in [0.2, 0.25) is 0 Å². The Morgan fingerprint density at radius 2 is 2.26 bits per heavy atom. The van der Waals surface area contributed by atoms with E-state index in [9.17, 15) is 4.79 Å². The van der Waals surface area contributed by atoms with E-state index in [1.807, 2.05) is 12.3 Å². The number of nitrogens with zero attached hydrogens (tertiary/aromatic N) is 2. The molecule has 2 fully saturated rings. The first-order valence-corrected chi connectivity index (χ1v) is 8.32. The van der Waals surface area contributed by atoms with E-state index in [0.717, 1.165) is 32.4 Å². The number of hydrogen-bond donors (Lipinski definition) is 0. The molecule has 23 heavy (non-hydrogen) atoms. The van der Waals surface area contributed by atoms with Crippen molar-refractivity contribution in [2.24, 2.45) is 0 Å². The van der Waals surface area contributed by atoms with Gasteiger partial charge in [-0.05, 0) is 25.3 Å². The van der Waals surface area contributed by atoms with Crippen molar-refractivity contribution in [3.8, 4) is 0 Å². The maximum atomic E-state index is 11.5. The summed E-state index contributed by atoms with van der Waals surface area (Å²) in [5.74, 6) is -0.00848.